The average Bonchev–Trinajstić information content (AvgIpc) is 2.61. The molecule has 1 aliphatic heterocycles. The molecule has 0 aliphatic carbocycles. The van der Waals surface area contributed by atoms with E-state index in [1.807, 2.05) is 13.0 Å². The molecule has 2 aromatic rings. The van der Waals surface area contributed by atoms with Gasteiger partial charge in [-0.15, -0.1) is 10.2 Å². The Morgan fingerprint density at radius 3 is 2.94 bits per heavy atom. The number of hydrogen-bond donors (Lipinski definition) is 0. The van der Waals surface area contributed by atoms with Crippen molar-refractivity contribution in [2.45, 2.75) is 39.2 Å². The maximum absolute atomic E-state index is 13.9. The second-order valence-electron chi connectivity index (χ2n) is 4.89. The number of rotatable bonds is 1. The second kappa shape index (κ2) is 4.52. The van der Waals surface area contributed by atoms with E-state index < -0.39 is 0 Å². The largest absolute Gasteiger partial charge is 0.311 e. The molecule has 0 bridgehead atoms. The summed E-state index contributed by atoms with van der Waals surface area (Å²) in [6.07, 6.45) is 4.42. The van der Waals surface area contributed by atoms with Crippen molar-refractivity contribution < 1.29 is 4.39 Å². The number of hydrogen-bond acceptors (Lipinski definition) is 2. The van der Waals surface area contributed by atoms with Crippen molar-refractivity contribution in [3.05, 3.63) is 35.4 Å². The highest BCUT2D eigenvalue weighted by molar-refractivity contribution is 5.57. The topological polar surface area (TPSA) is 30.7 Å². The maximum atomic E-state index is 13.9. The monoisotopic (exact) mass is 245 g/mol. The molecular weight excluding hydrogens is 229 g/mol. The van der Waals surface area contributed by atoms with Gasteiger partial charge in [0, 0.05) is 13.0 Å². The minimum absolute atomic E-state index is 0.222. The van der Waals surface area contributed by atoms with Crippen LogP contribution in [0.3, 0.4) is 0 Å². The number of fused-ring (bicyclic) bond motifs is 1. The molecule has 1 aromatic heterocycles. The molecule has 4 heteroatoms. The van der Waals surface area contributed by atoms with Gasteiger partial charge in [0.2, 0.25) is 0 Å². The molecule has 3 rings (SSSR count). The summed E-state index contributed by atoms with van der Waals surface area (Å²) in [6.45, 7) is 2.85. The van der Waals surface area contributed by atoms with Gasteiger partial charge >= 0.3 is 0 Å². The Morgan fingerprint density at radius 1 is 1.17 bits per heavy atom. The van der Waals surface area contributed by atoms with E-state index in [0.717, 1.165) is 37.2 Å². The van der Waals surface area contributed by atoms with E-state index in [0.29, 0.717) is 11.4 Å². The fraction of sp³-hybridized carbons (Fsp3) is 0.429. The summed E-state index contributed by atoms with van der Waals surface area (Å²) in [5.41, 5.74) is 1.60. The molecule has 0 saturated heterocycles. The summed E-state index contributed by atoms with van der Waals surface area (Å²) >= 11 is 0. The van der Waals surface area contributed by atoms with Crippen molar-refractivity contribution in [2.24, 2.45) is 0 Å². The van der Waals surface area contributed by atoms with Crippen LogP contribution < -0.4 is 0 Å². The van der Waals surface area contributed by atoms with Gasteiger partial charge < -0.3 is 4.57 Å². The molecule has 3 nitrogen and oxygen atoms in total. The fourth-order valence-electron chi connectivity index (χ4n) is 2.49. The van der Waals surface area contributed by atoms with Crippen molar-refractivity contribution in [1.82, 2.24) is 14.8 Å². The highest BCUT2D eigenvalue weighted by atomic mass is 19.1. The minimum atomic E-state index is -0.222. The third kappa shape index (κ3) is 1.92. The average molecular weight is 245 g/mol. The van der Waals surface area contributed by atoms with Crippen LogP contribution in [0.5, 0.6) is 0 Å². The van der Waals surface area contributed by atoms with Gasteiger partial charge in [-0.05, 0) is 31.9 Å². The molecule has 0 amide bonds. The third-order valence-electron chi connectivity index (χ3n) is 3.47. The van der Waals surface area contributed by atoms with E-state index in [2.05, 4.69) is 14.8 Å². The van der Waals surface area contributed by atoms with Crippen molar-refractivity contribution in [1.29, 1.82) is 0 Å². The fourth-order valence-corrected chi connectivity index (χ4v) is 2.49. The number of aryl methyl sites for hydroxylation is 2. The van der Waals surface area contributed by atoms with Crippen molar-refractivity contribution in [2.75, 3.05) is 0 Å². The third-order valence-corrected chi connectivity index (χ3v) is 3.47. The van der Waals surface area contributed by atoms with E-state index in [1.165, 1.54) is 12.5 Å². The van der Waals surface area contributed by atoms with Gasteiger partial charge in [0.25, 0.3) is 0 Å². The van der Waals surface area contributed by atoms with Crippen LogP contribution in [0.1, 0.15) is 30.7 Å². The van der Waals surface area contributed by atoms with Crippen molar-refractivity contribution in [3.8, 4) is 11.4 Å². The summed E-state index contributed by atoms with van der Waals surface area (Å²) in [5.74, 6) is 1.44. The van der Waals surface area contributed by atoms with Crippen LogP contribution >= 0.6 is 0 Å². The summed E-state index contributed by atoms with van der Waals surface area (Å²) < 4.78 is 16.0. The zero-order valence-corrected chi connectivity index (χ0v) is 10.5. The van der Waals surface area contributed by atoms with E-state index >= 15 is 0 Å². The van der Waals surface area contributed by atoms with E-state index in [9.17, 15) is 4.39 Å². The molecule has 0 spiro atoms. The first-order valence-electron chi connectivity index (χ1n) is 6.44. The van der Waals surface area contributed by atoms with Crippen LogP contribution in [-0.4, -0.2) is 14.8 Å². The summed E-state index contributed by atoms with van der Waals surface area (Å²) in [6, 6.07) is 5.12. The summed E-state index contributed by atoms with van der Waals surface area (Å²) in [4.78, 5) is 0. The Kier molecular flexibility index (Phi) is 2.86. The smallest absolute Gasteiger partial charge is 0.166 e. The quantitative estimate of drug-likeness (QED) is 0.772. The lowest BCUT2D eigenvalue weighted by molar-refractivity contribution is 0.616. The standard InChI is InChI=1S/C14H16FN3/c1-10-6-7-12(15)11(9-10)14-17-16-13-5-3-2-4-8-18(13)14/h6-7,9H,2-5,8H2,1H3. The Bertz CT molecular complexity index is 574. The van der Waals surface area contributed by atoms with Gasteiger partial charge in [-0.25, -0.2) is 4.39 Å². The molecule has 0 atom stereocenters. The number of halogens is 1. The number of nitrogens with zero attached hydrogens (tertiary/aromatic N) is 3. The van der Waals surface area contributed by atoms with Gasteiger partial charge in [0.1, 0.15) is 11.6 Å². The maximum Gasteiger partial charge on any atom is 0.166 e. The molecule has 18 heavy (non-hydrogen) atoms. The summed E-state index contributed by atoms with van der Waals surface area (Å²) in [7, 11) is 0. The van der Waals surface area contributed by atoms with Crippen LogP contribution in [0, 0.1) is 12.7 Å². The number of aromatic nitrogens is 3. The highest BCUT2D eigenvalue weighted by Crippen LogP contribution is 2.25. The molecule has 94 valence electrons. The van der Waals surface area contributed by atoms with E-state index in [4.69, 9.17) is 0 Å². The molecule has 0 fully saturated rings. The zero-order valence-electron chi connectivity index (χ0n) is 10.5. The second-order valence-corrected chi connectivity index (χ2v) is 4.89. The van der Waals surface area contributed by atoms with Gasteiger partial charge in [0.15, 0.2) is 5.82 Å². The van der Waals surface area contributed by atoms with Gasteiger partial charge in [-0.3, -0.25) is 0 Å². The van der Waals surface area contributed by atoms with Crippen molar-refractivity contribution >= 4 is 0 Å². The molecule has 2 heterocycles. The SMILES string of the molecule is Cc1ccc(F)c(-c2nnc3n2CCCCC3)c1. The van der Waals surface area contributed by atoms with E-state index in [-0.39, 0.29) is 5.82 Å². The Labute approximate surface area is 106 Å². The van der Waals surface area contributed by atoms with Crippen molar-refractivity contribution in [3.63, 3.8) is 0 Å². The lowest BCUT2D eigenvalue weighted by Crippen LogP contribution is -2.04. The molecule has 1 aliphatic rings. The van der Waals surface area contributed by atoms with Gasteiger partial charge in [-0.2, -0.15) is 0 Å². The molecule has 0 radical (unpaired) electrons. The van der Waals surface area contributed by atoms with Crippen LogP contribution in [0.4, 0.5) is 4.39 Å². The minimum Gasteiger partial charge on any atom is -0.311 e. The van der Waals surface area contributed by atoms with E-state index in [1.54, 1.807) is 6.07 Å². The molecule has 0 N–H and O–H groups in total. The zero-order chi connectivity index (χ0) is 12.5. The van der Waals surface area contributed by atoms with Crippen LogP contribution in [0.2, 0.25) is 0 Å². The van der Waals surface area contributed by atoms with Gasteiger partial charge in [-0.1, -0.05) is 18.1 Å². The van der Waals surface area contributed by atoms with Crippen LogP contribution in [-0.2, 0) is 13.0 Å². The first-order chi connectivity index (χ1) is 8.75. The predicted molar refractivity (Wildman–Crippen MR) is 67.7 cm³/mol. The molecule has 0 saturated carbocycles. The Morgan fingerprint density at radius 2 is 2.06 bits per heavy atom. The van der Waals surface area contributed by atoms with Gasteiger partial charge in [0.05, 0.1) is 5.56 Å². The molecular formula is C14H16FN3. The molecule has 0 unspecified atom stereocenters. The Balaban J connectivity index is 2.12. The number of benzene rings is 1. The van der Waals surface area contributed by atoms with Crippen LogP contribution in [0.25, 0.3) is 11.4 Å². The Hall–Kier alpha value is -1.71. The van der Waals surface area contributed by atoms with Crippen LogP contribution in [0.15, 0.2) is 18.2 Å². The first kappa shape index (κ1) is 11.4. The lowest BCUT2D eigenvalue weighted by Gasteiger charge is -2.08. The summed E-state index contributed by atoms with van der Waals surface area (Å²) in [5, 5.41) is 8.39. The lowest BCUT2D eigenvalue weighted by atomic mass is 10.1. The normalized spacial score (nSPS) is 15.2. The molecule has 1 aromatic carbocycles. The predicted octanol–water partition coefficient (Wildman–Crippen LogP) is 3.12. The first-order valence-corrected chi connectivity index (χ1v) is 6.44. The highest BCUT2D eigenvalue weighted by Gasteiger charge is 2.18.